The molecule has 1 aliphatic rings. The third-order valence-electron chi connectivity index (χ3n) is 4.76. The normalized spacial score (nSPS) is 17.4. The monoisotopic (exact) mass is 392 g/mol. The summed E-state index contributed by atoms with van der Waals surface area (Å²) in [5, 5.41) is 16.6. The molecule has 0 amide bonds. The van der Waals surface area contributed by atoms with Gasteiger partial charge < -0.3 is 25.2 Å². The van der Waals surface area contributed by atoms with E-state index in [1.54, 1.807) is 0 Å². The van der Waals surface area contributed by atoms with Gasteiger partial charge in [-0.15, -0.1) is 0 Å². The summed E-state index contributed by atoms with van der Waals surface area (Å²) >= 11 is 0. The second-order valence-electron chi connectivity index (χ2n) is 7.64. The number of morpholine rings is 1. The third-order valence-corrected chi connectivity index (χ3v) is 4.76. The molecule has 7 nitrogen and oxygen atoms in total. The van der Waals surface area contributed by atoms with Crippen LogP contribution < -0.4 is 10.6 Å². The van der Waals surface area contributed by atoms with E-state index in [9.17, 15) is 5.11 Å². The lowest BCUT2D eigenvalue weighted by Gasteiger charge is -2.39. The van der Waals surface area contributed by atoms with Gasteiger partial charge in [-0.3, -0.25) is 9.89 Å². The van der Waals surface area contributed by atoms with E-state index in [4.69, 9.17) is 14.5 Å². The zero-order valence-electron chi connectivity index (χ0n) is 17.5. The molecule has 158 valence electrons. The molecule has 2 rings (SSSR count). The van der Waals surface area contributed by atoms with E-state index in [-0.39, 0.29) is 12.1 Å². The number of nitrogens with one attached hydrogen (secondary N) is 2. The van der Waals surface area contributed by atoms with E-state index in [2.05, 4.69) is 29.4 Å². The van der Waals surface area contributed by atoms with Crippen LogP contribution in [0.5, 0.6) is 0 Å². The van der Waals surface area contributed by atoms with Gasteiger partial charge in [0.05, 0.1) is 39.1 Å². The molecule has 1 aliphatic heterocycles. The fraction of sp³-hybridized carbons (Fsp3) is 0.667. The van der Waals surface area contributed by atoms with Crippen LogP contribution in [0, 0.1) is 0 Å². The number of hydrogen-bond acceptors (Lipinski definition) is 5. The molecule has 1 aromatic rings. The smallest absolute Gasteiger partial charge is 0.191 e. The van der Waals surface area contributed by atoms with Gasteiger partial charge in [0.1, 0.15) is 0 Å². The highest BCUT2D eigenvalue weighted by Gasteiger charge is 2.28. The first kappa shape index (κ1) is 22.6. The van der Waals surface area contributed by atoms with Gasteiger partial charge in [0.2, 0.25) is 0 Å². The summed E-state index contributed by atoms with van der Waals surface area (Å²) in [6, 6.07) is 9.96. The predicted molar refractivity (Wildman–Crippen MR) is 113 cm³/mol. The van der Waals surface area contributed by atoms with Crippen LogP contribution in [0.25, 0.3) is 0 Å². The molecule has 7 heteroatoms. The number of guanidine groups is 1. The van der Waals surface area contributed by atoms with Gasteiger partial charge in [-0.25, -0.2) is 0 Å². The van der Waals surface area contributed by atoms with Gasteiger partial charge in [-0.05, 0) is 26.3 Å². The number of aliphatic hydroxyl groups excluding tert-OH is 1. The van der Waals surface area contributed by atoms with E-state index < -0.39 is 6.10 Å². The molecule has 0 spiro atoms. The largest absolute Gasteiger partial charge is 0.389 e. The van der Waals surface area contributed by atoms with Crippen molar-refractivity contribution < 1.29 is 14.6 Å². The standard InChI is InChI=1S/C21H36N4O3/c1-4-22-20(24-17-21(2,3)25-10-12-27-13-11-25)23-14-19(26)16-28-15-18-8-6-5-7-9-18/h5-9,19,26H,4,10-17H2,1-3H3,(H2,22,23,24). The van der Waals surface area contributed by atoms with Crippen LogP contribution in [0.1, 0.15) is 26.3 Å². The van der Waals surface area contributed by atoms with E-state index >= 15 is 0 Å². The molecule has 0 aromatic heterocycles. The van der Waals surface area contributed by atoms with Crippen molar-refractivity contribution in [1.29, 1.82) is 0 Å². The molecule has 0 radical (unpaired) electrons. The molecule has 1 unspecified atom stereocenters. The maximum absolute atomic E-state index is 10.2. The minimum Gasteiger partial charge on any atom is -0.389 e. The maximum atomic E-state index is 10.2. The highest BCUT2D eigenvalue weighted by atomic mass is 16.5. The summed E-state index contributed by atoms with van der Waals surface area (Å²) in [7, 11) is 0. The lowest BCUT2D eigenvalue weighted by atomic mass is 10.0. The fourth-order valence-electron chi connectivity index (χ4n) is 3.04. The average Bonchev–Trinajstić information content (AvgIpc) is 2.71. The highest BCUT2D eigenvalue weighted by Crippen LogP contribution is 2.16. The van der Waals surface area contributed by atoms with Crippen LogP contribution >= 0.6 is 0 Å². The Labute approximate surface area is 169 Å². The zero-order chi connectivity index (χ0) is 20.2. The van der Waals surface area contributed by atoms with Crippen LogP contribution in [0.4, 0.5) is 0 Å². The van der Waals surface area contributed by atoms with Crippen molar-refractivity contribution >= 4 is 5.96 Å². The molecular weight excluding hydrogens is 356 g/mol. The van der Waals surface area contributed by atoms with Gasteiger partial charge >= 0.3 is 0 Å². The average molecular weight is 393 g/mol. The van der Waals surface area contributed by atoms with E-state index in [0.717, 1.165) is 38.4 Å². The summed E-state index contributed by atoms with van der Waals surface area (Å²) in [5.74, 6) is 0.714. The quantitative estimate of drug-likeness (QED) is 0.411. The second-order valence-corrected chi connectivity index (χ2v) is 7.64. The number of aliphatic hydroxyl groups is 1. The molecule has 28 heavy (non-hydrogen) atoms. The Bertz CT molecular complexity index is 574. The van der Waals surface area contributed by atoms with Gasteiger partial charge in [0.25, 0.3) is 0 Å². The molecule has 0 saturated carbocycles. The molecule has 0 bridgehead atoms. The Morgan fingerprint density at radius 2 is 1.96 bits per heavy atom. The number of ether oxygens (including phenoxy) is 2. The molecule has 1 fully saturated rings. The summed E-state index contributed by atoms with van der Waals surface area (Å²) in [6.45, 7) is 12.5. The van der Waals surface area contributed by atoms with E-state index in [1.807, 2.05) is 37.3 Å². The third kappa shape index (κ3) is 8.14. The van der Waals surface area contributed by atoms with E-state index in [0.29, 0.717) is 25.7 Å². The minimum atomic E-state index is -0.597. The van der Waals surface area contributed by atoms with Crippen molar-refractivity contribution in [3.63, 3.8) is 0 Å². The lowest BCUT2D eigenvalue weighted by molar-refractivity contribution is -0.00685. The Hall–Kier alpha value is -1.67. The summed E-state index contributed by atoms with van der Waals surface area (Å²) in [5.41, 5.74) is 1.06. The van der Waals surface area contributed by atoms with Gasteiger partial charge in [0.15, 0.2) is 5.96 Å². The lowest BCUT2D eigenvalue weighted by Crippen LogP contribution is -2.52. The van der Waals surface area contributed by atoms with Crippen molar-refractivity contribution in [2.45, 2.75) is 39.0 Å². The first-order chi connectivity index (χ1) is 13.5. The van der Waals surface area contributed by atoms with Crippen molar-refractivity contribution in [2.75, 3.05) is 52.5 Å². The SMILES string of the molecule is CCNC(=NCC(C)(C)N1CCOCC1)NCC(O)COCc1ccccc1. The number of nitrogens with zero attached hydrogens (tertiary/aromatic N) is 2. The maximum Gasteiger partial charge on any atom is 0.191 e. The molecule has 1 atom stereocenters. The van der Waals surface area contributed by atoms with Crippen molar-refractivity contribution in [3.05, 3.63) is 35.9 Å². The first-order valence-corrected chi connectivity index (χ1v) is 10.2. The fourth-order valence-corrected chi connectivity index (χ4v) is 3.04. The zero-order valence-corrected chi connectivity index (χ0v) is 17.5. The van der Waals surface area contributed by atoms with Gasteiger partial charge in [-0.2, -0.15) is 0 Å². The number of benzene rings is 1. The van der Waals surface area contributed by atoms with Crippen LogP contribution in [0.2, 0.25) is 0 Å². The number of rotatable bonds is 10. The second kappa shape index (κ2) is 12.0. The molecule has 1 heterocycles. The van der Waals surface area contributed by atoms with Gasteiger partial charge in [0, 0.05) is 31.7 Å². The van der Waals surface area contributed by atoms with Crippen LogP contribution in [0.3, 0.4) is 0 Å². The predicted octanol–water partition coefficient (Wildman–Crippen LogP) is 1.23. The topological polar surface area (TPSA) is 78.4 Å². The molecule has 0 aliphatic carbocycles. The van der Waals surface area contributed by atoms with Gasteiger partial charge in [-0.1, -0.05) is 30.3 Å². The minimum absolute atomic E-state index is 0.0382. The van der Waals surface area contributed by atoms with Crippen molar-refractivity contribution in [1.82, 2.24) is 15.5 Å². The number of hydrogen-bond donors (Lipinski definition) is 3. The molecule has 1 saturated heterocycles. The Balaban J connectivity index is 1.75. The Morgan fingerprint density at radius 3 is 2.64 bits per heavy atom. The van der Waals surface area contributed by atoms with Crippen LogP contribution in [0.15, 0.2) is 35.3 Å². The van der Waals surface area contributed by atoms with E-state index in [1.165, 1.54) is 0 Å². The van der Waals surface area contributed by atoms with Crippen molar-refractivity contribution in [2.24, 2.45) is 4.99 Å². The Morgan fingerprint density at radius 1 is 1.25 bits per heavy atom. The molecule has 3 N–H and O–H groups in total. The van der Waals surface area contributed by atoms with Crippen LogP contribution in [-0.2, 0) is 16.1 Å². The summed E-state index contributed by atoms with van der Waals surface area (Å²) in [6.07, 6.45) is -0.597. The number of aliphatic imine (C=N–C) groups is 1. The van der Waals surface area contributed by atoms with Crippen molar-refractivity contribution in [3.8, 4) is 0 Å². The van der Waals surface area contributed by atoms with Crippen LogP contribution in [-0.4, -0.2) is 80.2 Å². The highest BCUT2D eigenvalue weighted by molar-refractivity contribution is 5.79. The summed E-state index contributed by atoms with van der Waals surface area (Å²) < 4.78 is 11.0. The molecule has 1 aromatic carbocycles. The molecular formula is C21H36N4O3. The first-order valence-electron chi connectivity index (χ1n) is 10.2. The summed E-state index contributed by atoms with van der Waals surface area (Å²) in [4.78, 5) is 7.13. The Kier molecular flexibility index (Phi) is 9.70.